The van der Waals surface area contributed by atoms with Crippen molar-refractivity contribution >= 4 is 0 Å². The second-order valence-corrected chi connectivity index (χ2v) is 4.45. The molecule has 2 nitrogen and oxygen atoms in total. The van der Waals surface area contributed by atoms with Crippen LogP contribution in [0, 0.1) is 13.8 Å². The summed E-state index contributed by atoms with van der Waals surface area (Å²) in [5, 5.41) is 4.60. The Labute approximate surface area is 117 Å². The molecule has 0 bridgehead atoms. The maximum Gasteiger partial charge on any atom is 0.0675 e. The van der Waals surface area contributed by atoms with Gasteiger partial charge in [-0.05, 0) is 33.3 Å². The van der Waals surface area contributed by atoms with Gasteiger partial charge >= 0.3 is 0 Å². The van der Waals surface area contributed by atoms with E-state index in [1.807, 2.05) is 6.07 Å². The summed E-state index contributed by atoms with van der Waals surface area (Å²) in [4.78, 5) is 0. The Morgan fingerprint density at radius 2 is 1.65 bits per heavy atom. The molecule has 0 aliphatic carbocycles. The van der Waals surface area contributed by atoms with Crippen molar-refractivity contribution in [1.29, 1.82) is 0 Å². The van der Waals surface area contributed by atoms with Gasteiger partial charge in [0.15, 0.2) is 0 Å². The van der Waals surface area contributed by atoms with Gasteiger partial charge in [0.2, 0.25) is 0 Å². The van der Waals surface area contributed by atoms with Gasteiger partial charge in [-0.2, -0.15) is 5.10 Å². The first-order valence-electron chi connectivity index (χ1n) is 5.72. The Kier molecular flexibility index (Phi) is 4.68. The van der Waals surface area contributed by atoms with Crippen molar-refractivity contribution in [2.45, 2.75) is 33.7 Å². The monoisotopic (exact) mass is 320 g/mol. The van der Waals surface area contributed by atoms with Crippen molar-refractivity contribution < 1.29 is 20.4 Å². The van der Waals surface area contributed by atoms with E-state index < -0.39 is 0 Å². The van der Waals surface area contributed by atoms with Crippen molar-refractivity contribution in [2.75, 3.05) is 0 Å². The normalized spacial score (nSPS) is 10.4. The number of benzene rings is 1. The van der Waals surface area contributed by atoms with Crippen molar-refractivity contribution in [1.82, 2.24) is 9.78 Å². The summed E-state index contributed by atoms with van der Waals surface area (Å²) in [6.45, 7) is 8.54. The molecule has 0 saturated heterocycles. The Balaban J connectivity index is 0.00000144. The Morgan fingerprint density at radius 3 is 2.12 bits per heavy atom. The van der Waals surface area contributed by atoms with Crippen LogP contribution in [0.5, 0.6) is 0 Å². The quantitative estimate of drug-likeness (QED) is 0.771. The van der Waals surface area contributed by atoms with Gasteiger partial charge in [0.25, 0.3) is 0 Å². The molecule has 0 unspecified atom stereocenters. The molecule has 0 aliphatic heterocycles. The Hall–Kier alpha value is -0.908. The molecule has 0 atom stereocenters. The summed E-state index contributed by atoms with van der Waals surface area (Å²) in [7, 11) is 0. The number of nitrogens with zero attached hydrogens (tertiary/aromatic N) is 2. The molecule has 1 heterocycles. The third-order valence-corrected chi connectivity index (χ3v) is 2.88. The van der Waals surface area contributed by atoms with Crippen molar-refractivity contribution in [3.05, 3.63) is 41.7 Å². The molecule has 94 valence electrons. The van der Waals surface area contributed by atoms with Crippen molar-refractivity contribution in [3.63, 3.8) is 0 Å². The predicted molar refractivity (Wildman–Crippen MR) is 67.5 cm³/mol. The zero-order valence-corrected chi connectivity index (χ0v) is 12.2. The van der Waals surface area contributed by atoms with Gasteiger partial charge in [0.1, 0.15) is 0 Å². The van der Waals surface area contributed by atoms with Crippen LogP contribution in [-0.2, 0) is 20.4 Å². The molecule has 0 radical (unpaired) electrons. The maximum absolute atomic E-state index is 4.60. The van der Waals surface area contributed by atoms with Crippen LogP contribution in [-0.4, -0.2) is 9.78 Å². The average Bonchev–Trinajstić information content (AvgIpc) is 2.56. The summed E-state index contributed by atoms with van der Waals surface area (Å²) in [5.74, 6) is 0. The van der Waals surface area contributed by atoms with Crippen LogP contribution >= 0.6 is 0 Å². The fourth-order valence-electron chi connectivity index (χ4n) is 2.19. The van der Waals surface area contributed by atoms with Crippen molar-refractivity contribution in [3.8, 4) is 11.1 Å². The van der Waals surface area contributed by atoms with Crippen LogP contribution < -0.4 is 0 Å². The Morgan fingerprint density at radius 1 is 1.06 bits per heavy atom. The number of aryl methyl sites for hydroxylation is 1. The predicted octanol–water partition coefficient (Wildman–Crippen LogP) is 3.75. The first kappa shape index (κ1) is 14.2. The van der Waals surface area contributed by atoms with Crippen LogP contribution in [0.15, 0.2) is 30.3 Å². The summed E-state index contributed by atoms with van der Waals surface area (Å²) >= 11 is 0. The third-order valence-electron chi connectivity index (χ3n) is 2.88. The minimum absolute atomic E-state index is 0. The van der Waals surface area contributed by atoms with Gasteiger partial charge in [-0.15, -0.1) is 0 Å². The number of hydrogen-bond donors (Lipinski definition) is 0. The molecule has 0 spiro atoms. The van der Waals surface area contributed by atoms with Gasteiger partial charge in [-0.3, -0.25) is 4.68 Å². The molecule has 0 fully saturated rings. The Bertz CT molecular complexity index is 486. The van der Waals surface area contributed by atoms with E-state index in [1.54, 1.807) is 0 Å². The van der Waals surface area contributed by atoms with Gasteiger partial charge in [-0.25, -0.2) is 0 Å². The van der Waals surface area contributed by atoms with Crippen LogP contribution in [0.4, 0.5) is 0 Å². The average molecular weight is 321 g/mol. The molecule has 0 N–H and O–H groups in total. The van der Waals surface area contributed by atoms with Gasteiger partial charge in [-0.1, -0.05) is 30.3 Å². The molecule has 0 aliphatic rings. The van der Waals surface area contributed by atoms with E-state index in [0.717, 1.165) is 5.69 Å². The molecule has 1 aromatic heterocycles. The molecule has 0 saturated carbocycles. The van der Waals surface area contributed by atoms with Crippen LogP contribution in [0.25, 0.3) is 11.1 Å². The first-order valence-corrected chi connectivity index (χ1v) is 5.72. The fraction of sp³-hybridized carbons (Fsp3) is 0.357. The minimum atomic E-state index is 0. The minimum Gasteiger partial charge on any atom is -0.266 e. The molecule has 0 amide bonds. The van der Waals surface area contributed by atoms with Crippen LogP contribution in [0.2, 0.25) is 0 Å². The molecular weight excluding hydrogens is 303 g/mol. The van der Waals surface area contributed by atoms with E-state index in [4.69, 9.17) is 0 Å². The summed E-state index contributed by atoms with van der Waals surface area (Å²) in [6, 6.07) is 10.9. The van der Waals surface area contributed by atoms with Gasteiger partial charge in [0.05, 0.1) is 5.69 Å². The fourth-order valence-corrected chi connectivity index (χ4v) is 2.19. The molecule has 2 aromatic rings. The second kappa shape index (κ2) is 5.62. The van der Waals surface area contributed by atoms with E-state index in [-0.39, 0.29) is 20.4 Å². The molecule has 2 rings (SSSR count). The summed E-state index contributed by atoms with van der Waals surface area (Å²) in [6.07, 6.45) is 0. The van der Waals surface area contributed by atoms with E-state index >= 15 is 0 Å². The topological polar surface area (TPSA) is 17.8 Å². The zero-order valence-electron chi connectivity index (χ0n) is 10.7. The first-order chi connectivity index (χ1) is 7.61. The number of rotatable bonds is 2. The molecule has 17 heavy (non-hydrogen) atoms. The summed E-state index contributed by atoms with van der Waals surface area (Å²) < 4.78 is 2.09. The van der Waals surface area contributed by atoms with E-state index in [2.05, 4.69) is 61.7 Å². The smallest absolute Gasteiger partial charge is 0.0675 e. The second-order valence-electron chi connectivity index (χ2n) is 4.45. The van der Waals surface area contributed by atoms with Crippen LogP contribution in [0.1, 0.15) is 31.3 Å². The SMILES string of the molecule is Cc1nn(C(C)C)c(C)c1-c1ccccc1.[Pd]. The van der Waals surface area contributed by atoms with Crippen LogP contribution in [0.3, 0.4) is 0 Å². The van der Waals surface area contributed by atoms with Crippen molar-refractivity contribution in [2.24, 2.45) is 0 Å². The van der Waals surface area contributed by atoms with E-state index in [0.29, 0.717) is 6.04 Å². The maximum atomic E-state index is 4.60. The standard InChI is InChI=1S/C14H18N2.Pd/c1-10(2)16-12(4)14(11(3)15-16)13-8-6-5-7-9-13;/h5-10H,1-4H3;. The molecule has 1 aromatic carbocycles. The summed E-state index contributed by atoms with van der Waals surface area (Å²) in [5.41, 5.74) is 4.88. The largest absolute Gasteiger partial charge is 0.266 e. The van der Waals surface area contributed by atoms with E-state index in [1.165, 1.54) is 16.8 Å². The number of aromatic nitrogens is 2. The van der Waals surface area contributed by atoms with Gasteiger partial charge < -0.3 is 0 Å². The number of hydrogen-bond acceptors (Lipinski definition) is 1. The van der Waals surface area contributed by atoms with E-state index in [9.17, 15) is 0 Å². The third kappa shape index (κ3) is 2.68. The zero-order chi connectivity index (χ0) is 11.7. The molecule has 3 heteroatoms. The van der Waals surface area contributed by atoms with Gasteiger partial charge in [0, 0.05) is 37.7 Å². The molecular formula is C14H18N2Pd.